The van der Waals surface area contributed by atoms with Gasteiger partial charge >= 0.3 is 11.7 Å². The monoisotopic (exact) mass is 394 g/mol. The van der Waals surface area contributed by atoms with E-state index in [0.29, 0.717) is 10.4 Å². The molecule has 1 N–H and O–H groups in total. The maximum Gasteiger partial charge on any atom is 0.347 e. The van der Waals surface area contributed by atoms with E-state index in [-0.39, 0.29) is 11.4 Å². The second-order valence-corrected chi connectivity index (χ2v) is 6.95. The first-order valence-corrected chi connectivity index (χ1v) is 8.23. The van der Waals surface area contributed by atoms with Crippen LogP contribution in [0.1, 0.15) is 20.8 Å². The number of aryl methyl sites for hydroxylation is 1. The highest BCUT2D eigenvalue weighted by Gasteiger charge is 2.17. The predicted molar refractivity (Wildman–Crippen MR) is 90.7 cm³/mol. The van der Waals surface area contributed by atoms with Crippen molar-refractivity contribution < 1.29 is 9.90 Å². The van der Waals surface area contributed by atoms with Gasteiger partial charge in [0.2, 0.25) is 0 Å². The van der Waals surface area contributed by atoms with Crippen LogP contribution in [0, 0.1) is 6.92 Å². The van der Waals surface area contributed by atoms with Gasteiger partial charge in [-0.05, 0) is 24.6 Å². The molecule has 3 aromatic rings. The maximum absolute atomic E-state index is 12.5. The number of thiazole rings is 1. The number of benzene rings is 1. The number of aromatic carboxylic acids is 1. The fraction of sp³-hybridized carbons (Fsp3) is 0.133. The van der Waals surface area contributed by atoms with Gasteiger partial charge in [-0.25, -0.2) is 9.59 Å². The minimum absolute atomic E-state index is 0.0194. The van der Waals surface area contributed by atoms with Crippen molar-refractivity contribution >= 4 is 38.1 Å². The van der Waals surface area contributed by atoms with Gasteiger partial charge in [-0.15, -0.1) is 11.3 Å². The third-order valence-corrected chi connectivity index (χ3v) is 5.19. The molecule has 0 saturated carbocycles. The fourth-order valence-electron chi connectivity index (χ4n) is 2.28. The second-order valence-electron chi connectivity index (χ2n) is 5.00. The number of fused-ring (bicyclic) bond motifs is 1. The van der Waals surface area contributed by atoms with E-state index >= 15 is 0 Å². The fourth-order valence-corrected chi connectivity index (χ4v) is 3.46. The van der Waals surface area contributed by atoms with Crippen LogP contribution in [0.25, 0.3) is 4.83 Å². The Bertz CT molecular complexity index is 1030. The molecular formula is C15H11BrN2O4S. The van der Waals surface area contributed by atoms with Crippen LogP contribution in [-0.4, -0.2) is 20.0 Å². The van der Waals surface area contributed by atoms with Gasteiger partial charge in [0.25, 0.3) is 5.56 Å². The summed E-state index contributed by atoms with van der Waals surface area (Å²) >= 11 is 4.25. The molecule has 23 heavy (non-hydrogen) atoms. The molecule has 0 unspecified atom stereocenters. The quantitative estimate of drug-likeness (QED) is 0.738. The zero-order valence-corrected chi connectivity index (χ0v) is 14.3. The number of carboxylic acids is 1. The van der Waals surface area contributed by atoms with E-state index in [0.717, 1.165) is 25.9 Å². The summed E-state index contributed by atoms with van der Waals surface area (Å²) in [6.45, 7) is 1.73. The zero-order chi connectivity index (χ0) is 16.7. The van der Waals surface area contributed by atoms with Gasteiger partial charge in [-0.3, -0.25) is 13.8 Å². The zero-order valence-electron chi connectivity index (χ0n) is 11.9. The Kier molecular flexibility index (Phi) is 3.95. The Morgan fingerprint density at radius 1 is 1.26 bits per heavy atom. The summed E-state index contributed by atoms with van der Waals surface area (Å²) in [5.41, 5.74) is 0.221. The number of carboxylic acid groups (broad SMARTS) is 1. The molecule has 0 bridgehead atoms. The highest BCUT2D eigenvalue weighted by atomic mass is 79.9. The molecule has 0 fully saturated rings. The van der Waals surface area contributed by atoms with Gasteiger partial charge < -0.3 is 5.11 Å². The van der Waals surface area contributed by atoms with Crippen molar-refractivity contribution in [3.8, 4) is 0 Å². The minimum atomic E-state index is -1.12. The van der Waals surface area contributed by atoms with Crippen LogP contribution in [0.3, 0.4) is 0 Å². The number of nitrogens with zero attached hydrogens (tertiary/aromatic N) is 2. The lowest BCUT2D eigenvalue weighted by Gasteiger charge is -2.07. The molecule has 0 spiro atoms. The molecule has 0 aliphatic carbocycles. The molecule has 1 aromatic carbocycles. The predicted octanol–water partition coefficient (Wildman–Crippen LogP) is 2.34. The number of hydrogen-bond donors (Lipinski definition) is 1. The van der Waals surface area contributed by atoms with Crippen molar-refractivity contribution in [3.05, 3.63) is 71.8 Å². The average molecular weight is 395 g/mol. The largest absolute Gasteiger partial charge is 0.477 e. The Morgan fingerprint density at radius 3 is 2.52 bits per heavy atom. The number of halogens is 1. The van der Waals surface area contributed by atoms with E-state index in [1.807, 2.05) is 24.3 Å². The lowest BCUT2D eigenvalue weighted by Crippen LogP contribution is -2.38. The van der Waals surface area contributed by atoms with E-state index in [2.05, 4.69) is 15.9 Å². The number of hydrogen-bond acceptors (Lipinski definition) is 4. The van der Waals surface area contributed by atoms with Crippen molar-refractivity contribution in [1.82, 2.24) is 8.97 Å². The summed E-state index contributed by atoms with van der Waals surface area (Å²) in [5, 5.41) is 9.07. The van der Waals surface area contributed by atoms with Gasteiger partial charge in [0.05, 0.1) is 6.54 Å². The van der Waals surface area contributed by atoms with Crippen molar-refractivity contribution in [2.45, 2.75) is 13.5 Å². The first kappa shape index (κ1) is 15.7. The standard InChI is InChI=1S/C15H11BrN2O4S/c1-8-12(19)17(6-9-2-4-10(16)5-3-9)15(22)18-7-11(14(20)21)23-13(8)18/h2-5,7H,6H2,1H3,(H,20,21). The minimum Gasteiger partial charge on any atom is -0.477 e. The van der Waals surface area contributed by atoms with Gasteiger partial charge in [-0.1, -0.05) is 28.1 Å². The normalized spacial score (nSPS) is 11.0. The molecule has 0 saturated heterocycles. The summed E-state index contributed by atoms with van der Waals surface area (Å²) in [5.74, 6) is -1.12. The summed E-state index contributed by atoms with van der Waals surface area (Å²) < 4.78 is 3.24. The van der Waals surface area contributed by atoms with E-state index in [1.54, 1.807) is 6.92 Å². The van der Waals surface area contributed by atoms with Gasteiger partial charge in [0, 0.05) is 16.2 Å². The van der Waals surface area contributed by atoms with E-state index < -0.39 is 17.2 Å². The number of rotatable bonds is 3. The molecule has 118 valence electrons. The first-order chi connectivity index (χ1) is 10.9. The number of aromatic nitrogens is 2. The summed E-state index contributed by atoms with van der Waals surface area (Å²) in [4.78, 5) is 36.5. The Hall–Kier alpha value is -2.19. The lowest BCUT2D eigenvalue weighted by atomic mass is 10.2. The van der Waals surface area contributed by atoms with E-state index in [4.69, 9.17) is 5.11 Å². The maximum atomic E-state index is 12.5. The van der Waals surface area contributed by atoms with Crippen LogP contribution in [0.2, 0.25) is 0 Å². The molecule has 0 amide bonds. The second kappa shape index (κ2) is 5.78. The van der Waals surface area contributed by atoms with Crippen molar-refractivity contribution in [1.29, 1.82) is 0 Å². The van der Waals surface area contributed by atoms with E-state index in [1.165, 1.54) is 10.6 Å². The molecule has 3 rings (SSSR count). The molecule has 8 heteroatoms. The van der Waals surface area contributed by atoms with Gasteiger partial charge in [-0.2, -0.15) is 0 Å². The van der Waals surface area contributed by atoms with Crippen LogP contribution >= 0.6 is 27.3 Å². The molecule has 0 aliphatic heterocycles. The Balaban J connectivity index is 2.21. The third kappa shape index (κ3) is 2.75. The van der Waals surface area contributed by atoms with Crippen molar-refractivity contribution in [2.24, 2.45) is 0 Å². The van der Waals surface area contributed by atoms with Crippen molar-refractivity contribution in [3.63, 3.8) is 0 Å². The molecule has 0 atom stereocenters. The molecule has 0 radical (unpaired) electrons. The van der Waals surface area contributed by atoms with Gasteiger partial charge in [0.15, 0.2) is 0 Å². The number of carbonyl (C=O) groups is 1. The molecule has 0 aliphatic rings. The van der Waals surface area contributed by atoms with E-state index in [9.17, 15) is 14.4 Å². The topological polar surface area (TPSA) is 80.8 Å². The molecule has 6 nitrogen and oxygen atoms in total. The highest BCUT2D eigenvalue weighted by Crippen LogP contribution is 2.18. The summed E-state index contributed by atoms with van der Waals surface area (Å²) in [6.07, 6.45) is 1.26. The van der Waals surface area contributed by atoms with Crippen LogP contribution in [-0.2, 0) is 6.54 Å². The third-order valence-electron chi connectivity index (χ3n) is 3.46. The van der Waals surface area contributed by atoms with Gasteiger partial charge in [0.1, 0.15) is 9.71 Å². The van der Waals surface area contributed by atoms with Crippen LogP contribution in [0.15, 0.2) is 44.5 Å². The highest BCUT2D eigenvalue weighted by molar-refractivity contribution is 9.10. The van der Waals surface area contributed by atoms with Crippen LogP contribution in [0.4, 0.5) is 0 Å². The summed E-state index contributed by atoms with van der Waals surface area (Å²) in [7, 11) is 0. The SMILES string of the molecule is Cc1c(=O)n(Cc2ccc(Br)cc2)c(=O)n2cc(C(=O)O)sc12. The lowest BCUT2D eigenvalue weighted by molar-refractivity contribution is 0.0701. The van der Waals surface area contributed by atoms with Crippen molar-refractivity contribution in [2.75, 3.05) is 0 Å². The average Bonchev–Trinajstić information content (AvgIpc) is 2.97. The van der Waals surface area contributed by atoms with Crippen LogP contribution in [0.5, 0.6) is 0 Å². The Labute approximate surface area is 142 Å². The smallest absolute Gasteiger partial charge is 0.347 e. The Morgan fingerprint density at radius 2 is 1.91 bits per heavy atom. The first-order valence-electron chi connectivity index (χ1n) is 6.62. The molecule has 2 aromatic heterocycles. The van der Waals surface area contributed by atoms with Crippen LogP contribution < -0.4 is 11.2 Å². The molecule has 2 heterocycles. The molecular weight excluding hydrogens is 384 g/mol. The summed E-state index contributed by atoms with van der Waals surface area (Å²) in [6, 6.07) is 7.29.